The van der Waals surface area contributed by atoms with Crippen LogP contribution in [0.15, 0.2) is 30.3 Å². The Labute approximate surface area is 113 Å². The van der Waals surface area contributed by atoms with Gasteiger partial charge in [-0.15, -0.1) is 0 Å². The van der Waals surface area contributed by atoms with Crippen molar-refractivity contribution in [3.63, 3.8) is 0 Å². The maximum absolute atomic E-state index is 11.7. The molecule has 2 N–H and O–H groups in total. The minimum absolute atomic E-state index is 0.0425. The summed E-state index contributed by atoms with van der Waals surface area (Å²) >= 11 is 0. The molecule has 5 nitrogen and oxygen atoms in total. The molecular weight excluding hydrogens is 244 g/mol. The molecule has 0 bridgehead atoms. The van der Waals surface area contributed by atoms with Gasteiger partial charge in [-0.2, -0.15) is 0 Å². The number of rotatable bonds is 6. The zero-order valence-electron chi connectivity index (χ0n) is 11.5. The molecule has 0 aromatic heterocycles. The summed E-state index contributed by atoms with van der Waals surface area (Å²) in [6.07, 6.45) is 0. The molecule has 0 aliphatic rings. The fourth-order valence-electron chi connectivity index (χ4n) is 1.91. The summed E-state index contributed by atoms with van der Waals surface area (Å²) in [5, 5.41) is 12.1. The first-order valence-corrected chi connectivity index (χ1v) is 6.19. The van der Waals surface area contributed by atoms with Crippen molar-refractivity contribution < 1.29 is 14.7 Å². The van der Waals surface area contributed by atoms with Crippen LogP contribution in [-0.2, 0) is 9.59 Å². The number of likely N-dealkylation sites (N-methyl/N-ethyl adjacent to an activating group) is 1. The van der Waals surface area contributed by atoms with Gasteiger partial charge >= 0.3 is 5.97 Å². The van der Waals surface area contributed by atoms with E-state index in [0.29, 0.717) is 5.56 Å². The van der Waals surface area contributed by atoms with Crippen LogP contribution in [0, 0.1) is 0 Å². The highest BCUT2D eigenvalue weighted by Gasteiger charge is 2.25. The number of carboxylic acid groups (broad SMARTS) is 1. The van der Waals surface area contributed by atoms with Crippen molar-refractivity contribution in [3.8, 4) is 0 Å². The summed E-state index contributed by atoms with van der Waals surface area (Å²) < 4.78 is 0. The zero-order chi connectivity index (χ0) is 14.4. The van der Waals surface area contributed by atoms with Crippen molar-refractivity contribution in [2.75, 3.05) is 13.6 Å². The van der Waals surface area contributed by atoms with Gasteiger partial charge in [0.05, 0.1) is 6.54 Å². The number of carbonyl (C=O) groups excluding carboxylic acids is 1. The second-order valence-corrected chi connectivity index (χ2v) is 4.79. The molecule has 1 amide bonds. The number of amides is 1. The Morgan fingerprint density at radius 3 is 2.32 bits per heavy atom. The third kappa shape index (κ3) is 4.71. The number of hydrogen-bond donors (Lipinski definition) is 2. The SMILES string of the molecule is CC(C)NC(=O)CN(C)C(C(=O)O)c1ccccc1. The monoisotopic (exact) mass is 264 g/mol. The minimum atomic E-state index is -0.967. The van der Waals surface area contributed by atoms with Gasteiger partial charge in [0.15, 0.2) is 0 Å². The van der Waals surface area contributed by atoms with E-state index < -0.39 is 12.0 Å². The first-order valence-electron chi connectivity index (χ1n) is 6.19. The lowest BCUT2D eigenvalue weighted by atomic mass is 10.1. The van der Waals surface area contributed by atoms with Crippen molar-refractivity contribution in [2.24, 2.45) is 0 Å². The highest BCUT2D eigenvalue weighted by molar-refractivity contribution is 5.80. The van der Waals surface area contributed by atoms with E-state index in [9.17, 15) is 14.7 Å². The quantitative estimate of drug-likeness (QED) is 0.811. The predicted octanol–water partition coefficient (Wildman–Crippen LogP) is 1.27. The summed E-state index contributed by atoms with van der Waals surface area (Å²) in [5.74, 6) is -1.15. The van der Waals surface area contributed by atoms with E-state index in [-0.39, 0.29) is 18.5 Å². The van der Waals surface area contributed by atoms with Crippen molar-refractivity contribution in [2.45, 2.75) is 25.9 Å². The van der Waals surface area contributed by atoms with E-state index in [4.69, 9.17) is 0 Å². The van der Waals surface area contributed by atoms with E-state index in [1.807, 2.05) is 19.9 Å². The van der Waals surface area contributed by atoms with Crippen LogP contribution in [0.4, 0.5) is 0 Å². The Balaban J connectivity index is 2.78. The Bertz CT molecular complexity index is 432. The molecule has 1 rings (SSSR count). The number of aliphatic carboxylic acids is 1. The van der Waals surface area contributed by atoms with Gasteiger partial charge in [-0.05, 0) is 26.5 Å². The molecule has 0 fully saturated rings. The van der Waals surface area contributed by atoms with Crippen LogP contribution in [0.1, 0.15) is 25.5 Å². The molecule has 5 heteroatoms. The second kappa shape index (κ2) is 6.89. The number of benzene rings is 1. The van der Waals surface area contributed by atoms with E-state index in [2.05, 4.69) is 5.32 Å². The maximum atomic E-state index is 11.7. The Morgan fingerprint density at radius 2 is 1.84 bits per heavy atom. The molecule has 0 heterocycles. The van der Waals surface area contributed by atoms with Crippen molar-refractivity contribution >= 4 is 11.9 Å². The lowest BCUT2D eigenvalue weighted by molar-refractivity contribution is -0.143. The zero-order valence-corrected chi connectivity index (χ0v) is 11.5. The van der Waals surface area contributed by atoms with Crippen LogP contribution in [0.5, 0.6) is 0 Å². The average molecular weight is 264 g/mol. The standard InChI is InChI=1S/C14H20N2O3/c1-10(2)15-12(17)9-16(3)13(14(18)19)11-7-5-4-6-8-11/h4-8,10,13H,9H2,1-3H3,(H,15,17)(H,18,19). The van der Waals surface area contributed by atoms with Gasteiger partial charge in [0, 0.05) is 6.04 Å². The van der Waals surface area contributed by atoms with Crippen molar-refractivity contribution in [3.05, 3.63) is 35.9 Å². The summed E-state index contributed by atoms with van der Waals surface area (Å²) in [7, 11) is 1.63. The molecular formula is C14H20N2O3. The largest absolute Gasteiger partial charge is 0.480 e. The normalized spacial score (nSPS) is 12.5. The van der Waals surface area contributed by atoms with Gasteiger partial charge in [0.1, 0.15) is 6.04 Å². The molecule has 1 unspecified atom stereocenters. The highest BCUT2D eigenvalue weighted by atomic mass is 16.4. The molecule has 1 aromatic carbocycles. The highest BCUT2D eigenvalue weighted by Crippen LogP contribution is 2.18. The fraction of sp³-hybridized carbons (Fsp3) is 0.429. The number of nitrogens with zero attached hydrogens (tertiary/aromatic N) is 1. The van der Waals surface area contributed by atoms with E-state index >= 15 is 0 Å². The van der Waals surface area contributed by atoms with E-state index in [1.54, 1.807) is 31.3 Å². The van der Waals surface area contributed by atoms with Crippen LogP contribution >= 0.6 is 0 Å². The molecule has 1 atom stereocenters. The van der Waals surface area contributed by atoms with E-state index in [0.717, 1.165) is 0 Å². The van der Waals surface area contributed by atoms with Crippen LogP contribution < -0.4 is 5.32 Å². The number of nitrogens with one attached hydrogen (secondary N) is 1. The minimum Gasteiger partial charge on any atom is -0.480 e. The predicted molar refractivity (Wildman–Crippen MR) is 72.7 cm³/mol. The second-order valence-electron chi connectivity index (χ2n) is 4.79. The van der Waals surface area contributed by atoms with Gasteiger partial charge in [-0.25, -0.2) is 0 Å². The van der Waals surface area contributed by atoms with Gasteiger partial charge in [-0.1, -0.05) is 30.3 Å². The van der Waals surface area contributed by atoms with Gasteiger partial charge in [0.2, 0.25) is 5.91 Å². The molecule has 0 saturated heterocycles. The summed E-state index contributed by atoms with van der Waals surface area (Å²) in [6, 6.07) is 8.11. The number of carboxylic acids is 1. The topological polar surface area (TPSA) is 69.6 Å². The summed E-state index contributed by atoms with van der Waals surface area (Å²) in [4.78, 5) is 24.6. The lowest BCUT2D eigenvalue weighted by Crippen LogP contribution is -2.41. The van der Waals surface area contributed by atoms with Crippen LogP contribution in [0.3, 0.4) is 0 Å². The molecule has 0 aliphatic carbocycles. The van der Waals surface area contributed by atoms with Gasteiger partial charge in [0.25, 0.3) is 0 Å². The molecule has 19 heavy (non-hydrogen) atoms. The lowest BCUT2D eigenvalue weighted by Gasteiger charge is -2.24. The van der Waals surface area contributed by atoms with Crippen molar-refractivity contribution in [1.29, 1.82) is 0 Å². The summed E-state index contributed by atoms with van der Waals surface area (Å²) in [5.41, 5.74) is 0.662. The van der Waals surface area contributed by atoms with E-state index in [1.165, 1.54) is 4.90 Å². The first kappa shape index (κ1) is 15.2. The molecule has 0 saturated carbocycles. The Kier molecular flexibility index (Phi) is 5.51. The number of carbonyl (C=O) groups is 2. The molecule has 1 aromatic rings. The maximum Gasteiger partial charge on any atom is 0.325 e. The smallest absolute Gasteiger partial charge is 0.325 e. The van der Waals surface area contributed by atoms with Crippen LogP contribution in [0.2, 0.25) is 0 Å². The molecule has 0 aliphatic heterocycles. The molecule has 104 valence electrons. The molecule has 0 spiro atoms. The first-order chi connectivity index (χ1) is 8.91. The third-order valence-electron chi connectivity index (χ3n) is 2.63. The molecule has 0 radical (unpaired) electrons. The number of hydrogen-bond acceptors (Lipinski definition) is 3. The average Bonchev–Trinajstić information content (AvgIpc) is 2.28. The van der Waals surface area contributed by atoms with Crippen LogP contribution in [0.25, 0.3) is 0 Å². The third-order valence-corrected chi connectivity index (χ3v) is 2.63. The Morgan fingerprint density at radius 1 is 1.26 bits per heavy atom. The fourth-order valence-corrected chi connectivity index (χ4v) is 1.91. The van der Waals surface area contributed by atoms with Gasteiger partial charge in [-0.3, -0.25) is 14.5 Å². The Hall–Kier alpha value is -1.88. The van der Waals surface area contributed by atoms with Gasteiger partial charge < -0.3 is 10.4 Å². The van der Waals surface area contributed by atoms with Crippen LogP contribution in [-0.4, -0.2) is 41.5 Å². The summed E-state index contributed by atoms with van der Waals surface area (Å²) in [6.45, 7) is 3.78. The van der Waals surface area contributed by atoms with Crippen molar-refractivity contribution in [1.82, 2.24) is 10.2 Å².